The fraction of sp³-hybridized carbons (Fsp3) is 0.600. The van der Waals surface area contributed by atoms with Crippen molar-refractivity contribution in [2.75, 3.05) is 36.9 Å². The van der Waals surface area contributed by atoms with Gasteiger partial charge in [0.1, 0.15) is 0 Å². The van der Waals surface area contributed by atoms with Crippen molar-refractivity contribution in [3.8, 4) is 0 Å². The van der Waals surface area contributed by atoms with Gasteiger partial charge < -0.3 is 15.5 Å². The van der Waals surface area contributed by atoms with Gasteiger partial charge >= 0.3 is 6.18 Å². The van der Waals surface area contributed by atoms with E-state index in [2.05, 4.69) is 22.5 Å². The van der Waals surface area contributed by atoms with Gasteiger partial charge in [-0.25, -0.2) is 0 Å². The first-order valence-corrected chi connectivity index (χ1v) is 7.33. The van der Waals surface area contributed by atoms with E-state index in [1.807, 2.05) is 0 Å². The van der Waals surface area contributed by atoms with Crippen LogP contribution in [0.2, 0.25) is 0 Å². The summed E-state index contributed by atoms with van der Waals surface area (Å²) in [5.41, 5.74) is 0.769. The minimum atomic E-state index is -4.30. The highest BCUT2D eigenvalue weighted by Crippen LogP contribution is 2.36. The zero-order valence-electron chi connectivity index (χ0n) is 12.4. The Balaban J connectivity index is 2.14. The molecule has 0 radical (unpaired) electrons. The first-order chi connectivity index (χ1) is 9.95. The first kappa shape index (κ1) is 15.9. The van der Waals surface area contributed by atoms with Crippen LogP contribution in [0.4, 0.5) is 24.5 Å². The van der Waals surface area contributed by atoms with E-state index in [1.165, 1.54) is 6.07 Å². The fourth-order valence-electron chi connectivity index (χ4n) is 2.80. The number of benzene rings is 1. The van der Waals surface area contributed by atoms with Gasteiger partial charge in [0.2, 0.25) is 0 Å². The number of nitrogens with one attached hydrogen (secondary N) is 2. The number of alkyl halides is 3. The van der Waals surface area contributed by atoms with Gasteiger partial charge in [0.15, 0.2) is 0 Å². The maximum atomic E-state index is 12.8. The highest BCUT2D eigenvalue weighted by atomic mass is 19.4. The second-order valence-corrected chi connectivity index (χ2v) is 5.30. The Morgan fingerprint density at radius 3 is 2.43 bits per heavy atom. The van der Waals surface area contributed by atoms with Crippen LogP contribution in [0, 0.1) is 0 Å². The smallest absolute Gasteiger partial charge is 0.386 e. The van der Waals surface area contributed by atoms with Gasteiger partial charge in [-0.2, -0.15) is 13.2 Å². The van der Waals surface area contributed by atoms with E-state index in [9.17, 15) is 13.2 Å². The lowest BCUT2D eigenvalue weighted by atomic mass is 10.0. The number of anilines is 2. The van der Waals surface area contributed by atoms with Crippen LogP contribution in [0.25, 0.3) is 0 Å². The zero-order chi connectivity index (χ0) is 15.5. The first-order valence-electron chi connectivity index (χ1n) is 7.33. The van der Waals surface area contributed by atoms with Crippen molar-refractivity contribution >= 4 is 11.4 Å². The van der Waals surface area contributed by atoms with Crippen LogP contribution in [0.15, 0.2) is 18.2 Å². The molecule has 0 atom stereocenters. The second-order valence-electron chi connectivity index (χ2n) is 5.30. The third kappa shape index (κ3) is 3.81. The number of hydrogen-bond donors (Lipinski definition) is 2. The van der Waals surface area contributed by atoms with E-state index in [0.29, 0.717) is 11.7 Å². The number of hydrogen-bond acceptors (Lipinski definition) is 3. The van der Waals surface area contributed by atoms with Gasteiger partial charge in [0, 0.05) is 26.2 Å². The fourth-order valence-corrected chi connectivity index (χ4v) is 2.80. The zero-order valence-corrected chi connectivity index (χ0v) is 12.4. The van der Waals surface area contributed by atoms with Crippen molar-refractivity contribution in [3.05, 3.63) is 23.8 Å². The minimum absolute atomic E-state index is 0.513. The quantitative estimate of drug-likeness (QED) is 0.893. The van der Waals surface area contributed by atoms with E-state index in [1.54, 1.807) is 13.1 Å². The van der Waals surface area contributed by atoms with Crippen molar-refractivity contribution in [2.45, 2.75) is 32.0 Å². The number of piperidine rings is 1. The van der Waals surface area contributed by atoms with Crippen LogP contribution in [0.1, 0.15) is 25.3 Å². The molecule has 21 heavy (non-hydrogen) atoms. The molecule has 1 fully saturated rings. The summed E-state index contributed by atoms with van der Waals surface area (Å²) in [6.45, 7) is 4.75. The Morgan fingerprint density at radius 1 is 1.24 bits per heavy atom. The molecule has 2 rings (SSSR count). The molecule has 1 heterocycles. The summed E-state index contributed by atoms with van der Waals surface area (Å²) >= 11 is 0. The van der Waals surface area contributed by atoms with Crippen molar-refractivity contribution < 1.29 is 13.2 Å². The van der Waals surface area contributed by atoms with Crippen molar-refractivity contribution in [2.24, 2.45) is 0 Å². The molecule has 1 aromatic rings. The van der Waals surface area contributed by atoms with Crippen LogP contribution >= 0.6 is 0 Å². The van der Waals surface area contributed by atoms with Crippen LogP contribution in [-0.4, -0.2) is 32.7 Å². The van der Waals surface area contributed by atoms with Crippen LogP contribution in [-0.2, 0) is 6.18 Å². The summed E-state index contributed by atoms with van der Waals surface area (Å²) in [5, 5.41) is 6.31. The van der Waals surface area contributed by atoms with E-state index in [4.69, 9.17) is 0 Å². The molecular weight excluding hydrogens is 279 g/mol. The van der Waals surface area contributed by atoms with Crippen LogP contribution in [0.3, 0.4) is 0 Å². The summed E-state index contributed by atoms with van der Waals surface area (Å²) in [4.78, 5) is 2.15. The van der Waals surface area contributed by atoms with Crippen molar-refractivity contribution in [1.82, 2.24) is 5.32 Å². The Labute approximate surface area is 123 Å². The summed E-state index contributed by atoms with van der Waals surface area (Å²) < 4.78 is 38.3. The molecule has 0 bridgehead atoms. The average Bonchev–Trinajstić information content (AvgIpc) is 2.47. The maximum absolute atomic E-state index is 12.8. The van der Waals surface area contributed by atoms with E-state index in [-0.39, 0.29) is 0 Å². The molecule has 1 aliphatic heterocycles. The third-order valence-electron chi connectivity index (χ3n) is 3.92. The SMILES string of the molecule is CCNC1CCN(c2ccc(C(F)(F)F)cc2NC)CC1. The van der Waals surface area contributed by atoms with Crippen LogP contribution < -0.4 is 15.5 Å². The largest absolute Gasteiger partial charge is 0.416 e. The van der Waals surface area contributed by atoms with Gasteiger partial charge in [0.05, 0.1) is 16.9 Å². The second kappa shape index (κ2) is 6.56. The number of halogens is 3. The third-order valence-corrected chi connectivity index (χ3v) is 3.92. The van der Waals surface area contributed by atoms with E-state index >= 15 is 0 Å². The lowest BCUT2D eigenvalue weighted by Gasteiger charge is -2.35. The molecule has 0 unspecified atom stereocenters. The summed E-state index contributed by atoms with van der Waals surface area (Å²) in [6.07, 6.45) is -2.28. The normalized spacial score (nSPS) is 17.1. The highest BCUT2D eigenvalue weighted by molar-refractivity contribution is 5.71. The predicted molar refractivity (Wildman–Crippen MR) is 79.9 cm³/mol. The lowest BCUT2D eigenvalue weighted by Crippen LogP contribution is -2.42. The molecule has 1 saturated heterocycles. The molecule has 1 aromatic carbocycles. The van der Waals surface area contributed by atoms with Crippen LogP contribution in [0.5, 0.6) is 0 Å². The number of nitrogens with zero attached hydrogens (tertiary/aromatic N) is 1. The summed E-state index contributed by atoms with van der Waals surface area (Å²) in [6, 6.07) is 4.43. The van der Waals surface area contributed by atoms with Gasteiger partial charge in [-0.15, -0.1) is 0 Å². The molecule has 0 amide bonds. The Morgan fingerprint density at radius 2 is 1.90 bits per heavy atom. The molecule has 118 valence electrons. The monoisotopic (exact) mass is 301 g/mol. The topological polar surface area (TPSA) is 27.3 Å². The highest BCUT2D eigenvalue weighted by Gasteiger charge is 2.31. The van der Waals surface area contributed by atoms with E-state index < -0.39 is 11.7 Å². The molecule has 0 spiro atoms. The Kier molecular flexibility index (Phi) is 4.98. The molecule has 0 saturated carbocycles. The molecule has 2 N–H and O–H groups in total. The van der Waals surface area contributed by atoms with Gasteiger partial charge in [0.25, 0.3) is 0 Å². The van der Waals surface area contributed by atoms with Gasteiger partial charge in [-0.1, -0.05) is 6.92 Å². The Bertz CT molecular complexity index is 466. The molecule has 3 nitrogen and oxygen atoms in total. The van der Waals surface area contributed by atoms with E-state index in [0.717, 1.165) is 44.2 Å². The predicted octanol–water partition coefficient (Wildman–Crippen LogP) is 3.33. The summed E-state index contributed by atoms with van der Waals surface area (Å²) in [7, 11) is 1.66. The Hall–Kier alpha value is -1.43. The maximum Gasteiger partial charge on any atom is 0.416 e. The molecule has 6 heteroatoms. The summed E-state index contributed by atoms with van der Waals surface area (Å²) in [5.74, 6) is 0. The minimum Gasteiger partial charge on any atom is -0.386 e. The molecule has 1 aliphatic rings. The standard InChI is InChI=1S/C15H22F3N3/c1-3-20-12-6-8-21(9-7-12)14-5-4-11(15(16,17)18)10-13(14)19-2/h4-5,10,12,19-20H,3,6-9H2,1-2H3. The molecular formula is C15H22F3N3. The lowest BCUT2D eigenvalue weighted by molar-refractivity contribution is -0.137. The molecule has 0 aliphatic carbocycles. The number of rotatable bonds is 4. The average molecular weight is 301 g/mol. The molecule has 0 aromatic heterocycles. The van der Waals surface area contributed by atoms with Gasteiger partial charge in [-0.3, -0.25) is 0 Å². The van der Waals surface area contributed by atoms with Gasteiger partial charge in [-0.05, 0) is 37.6 Å². The van der Waals surface area contributed by atoms with Crippen molar-refractivity contribution in [3.63, 3.8) is 0 Å². The van der Waals surface area contributed by atoms with Crippen molar-refractivity contribution in [1.29, 1.82) is 0 Å².